The highest BCUT2D eigenvalue weighted by molar-refractivity contribution is 5.77. The van der Waals surface area contributed by atoms with E-state index in [9.17, 15) is 9.59 Å². The summed E-state index contributed by atoms with van der Waals surface area (Å²) < 4.78 is 4.84. The van der Waals surface area contributed by atoms with E-state index in [-0.39, 0.29) is 23.3 Å². The first-order chi connectivity index (χ1) is 12.1. The summed E-state index contributed by atoms with van der Waals surface area (Å²) in [6.07, 6.45) is 3.32. The fourth-order valence-electron chi connectivity index (χ4n) is 3.75. The molecule has 6 heteroatoms. The summed E-state index contributed by atoms with van der Waals surface area (Å²) in [6.45, 7) is 1.91. The molecule has 1 spiro atoms. The highest BCUT2D eigenvalue weighted by atomic mass is 16.5. The lowest BCUT2D eigenvalue weighted by Gasteiger charge is -2.32. The van der Waals surface area contributed by atoms with Crippen molar-refractivity contribution in [2.75, 3.05) is 26.7 Å². The number of nitriles is 1. The lowest BCUT2D eigenvalue weighted by molar-refractivity contribution is -0.143. The summed E-state index contributed by atoms with van der Waals surface area (Å²) in [4.78, 5) is 25.8. The number of benzene rings is 1. The highest BCUT2D eigenvalue weighted by Crippen LogP contribution is 2.59. The average Bonchev–Trinajstić information content (AvgIpc) is 3.35. The van der Waals surface area contributed by atoms with Crippen LogP contribution in [0.3, 0.4) is 0 Å². The summed E-state index contributed by atoms with van der Waals surface area (Å²) in [5.41, 5.74) is 1.74. The zero-order valence-electron chi connectivity index (χ0n) is 14.5. The van der Waals surface area contributed by atoms with E-state index < -0.39 is 0 Å². The van der Waals surface area contributed by atoms with Crippen molar-refractivity contribution in [2.45, 2.75) is 25.7 Å². The fourth-order valence-corrected chi connectivity index (χ4v) is 3.75. The number of amides is 2. The van der Waals surface area contributed by atoms with E-state index in [1.807, 2.05) is 23.1 Å². The van der Waals surface area contributed by atoms with Crippen molar-refractivity contribution in [3.63, 3.8) is 0 Å². The predicted molar refractivity (Wildman–Crippen MR) is 91.6 cm³/mol. The van der Waals surface area contributed by atoms with E-state index in [0.717, 1.165) is 24.8 Å². The zero-order valence-corrected chi connectivity index (χ0v) is 14.5. The van der Waals surface area contributed by atoms with Gasteiger partial charge in [-0.2, -0.15) is 5.26 Å². The summed E-state index contributed by atoms with van der Waals surface area (Å²) in [5.74, 6) is -0.0902. The number of piperidine rings is 1. The third-order valence-electron chi connectivity index (χ3n) is 5.47. The van der Waals surface area contributed by atoms with Gasteiger partial charge >= 0.3 is 12.0 Å². The average molecular weight is 341 g/mol. The normalized spacial score (nSPS) is 20.6. The molecule has 1 N–H and O–H groups in total. The number of carbonyl (C=O) groups is 2. The quantitative estimate of drug-likeness (QED) is 0.850. The maximum Gasteiger partial charge on any atom is 0.317 e. The van der Waals surface area contributed by atoms with Gasteiger partial charge in [-0.3, -0.25) is 4.79 Å². The maximum atomic E-state index is 12.3. The number of nitrogens with zero attached hydrogens (tertiary/aromatic N) is 2. The van der Waals surface area contributed by atoms with Crippen LogP contribution in [0.2, 0.25) is 0 Å². The van der Waals surface area contributed by atoms with Crippen molar-refractivity contribution in [1.82, 2.24) is 10.2 Å². The van der Waals surface area contributed by atoms with Crippen LogP contribution in [0, 0.1) is 22.7 Å². The molecule has 2 fully saturated rings. The molecule has 3 rings (SSSR count). The zero-order chi connectivity index (χ0) is 17.9. The van der Waals surface area contributed by atoms with Crippen molar-refractivity contribution in [2.24, 2.45) is 11.3 Å². The van der Waals surface area contributed by atoms with Gasteiger partial charge < -0.3 is 15.0 Å². The minimum absolute atomic E-state index is 0.0233. The van der Waals surface area contributed by atoms with Crippen LogP contribution in [0.1, 0.15) is 30.4 Å². The van der Waals surface area contributed by atoms with Crippen molar-refractivity contribution in [3.05, 3.63) is 35.4 Å². The van der Waals surface area contributed by atoms with Crippen LogP contribution in [0.5, 0.6) is 0 Å². The van der Waals surface area contributed by atoms with E-state index in [0.29, 0.717) is 31.6 Å². The van der Waals surface area contributed by atoms with Gasteiger partial charge in [0, 0.05) is 19.6 Å². The molecule has 1 aliphatic carbocycles. The molecular formula is C19H23N3O3. The minimum Gasteiger partial charge on any atom is -0.469 e. The number of nitrogens with one attached hydrogen (secondary N) is 1. The molecule has 1 saturated heterocycles. The van der Waals surface area contributed by atoms with Crippen LogP contribution in [0.15, 0.2) is 24.3 Å². The number of hydrogen-bond donors (Lipinski definition) is 1. The number of methoxy groups -OCH3 is 1. The SMILES string of the molecule is COC(=O)[C@H]1CC12CCN(C(=O)NCCc1cccc(C#N)c1)CC2. The first-order valence-electron chi connectivity index (χ1n) is 8.68. The maximum absolute atomic E-state index is 12.3. The number of ether oxygens (including phenoxy) is 1. The molecule has 25 heavy (non-hydrogen) atoms. The van der Waals surface area contributed by atoms with E-state index in [2.05, 4.69) is 11.4 Å². The van der Waals surface area contributed by atoms with Crippen molar-refractivity contribution < 1.29 is 14.3 Å². The predicted octanol–water partition coefficient (Wildman–Crippen LogP) is 2.09. The van der Waals surface area contributed by atoms with Gasteiger partial charge in [-0.25, -0.2) is 4.79 Å². The Morgan fingerprint density at radius 2 is 2.16 bits per heavy atom. The van der Waals surface area contributed by atoms with Gasteiger partial charge in [0.05, 0.1) is 24.7 Å². The topological polar surface area (TPSA) is 82.4 Å². The Bertz CT molecular complexity index is 702. The summed E-state index contributed by atoms with van der Waals surface area (Å²) >= 11 is 0. The molecule has 1 saturated carbocycles. The molecule has 132 valence electrons. The third kappa shape index (κ3) is 3.76. The fraction of sp³-hybridized carbons (Fsp3) is 0.526. The van der Waals surface area contributed by atoms with E-state index in [1.165, 1.54) is 7.11 Å². The minimum atomic E-state index is -0.113. The van der Waals surface area contributed by atoms with Crippen LogP contribution in [-0.4, -0.2) is 43.6 Å². The molecule has 2 aliphatic rings. The lowest BCUT2D eigenvalue weighted by Crippen LogP contribution is -2.45. The molecule has 2 amide bonds. The molecule has 0 radical (unpaired) electrons. The van der Waals surface area contributed by atoms with Gasteiger partial charge in [-0.05, 0) is 48.8 Å². The number of likely N-dealkylation sites (tertiary alicyclic amines) is 1. The van der Waals surface area contributed by atoms with Gasteiger partial charge in [0.25, 0.3) is 0 Å². The van der Waals surface area contributed by atoms with Crippen LogP contribution in [0.25, 0.3) is 0 Å². The molecule has 1 aliphatic heterocycles. The molecule has 1 atom stereocenters. The largest absolute Gasteiger partial charge is 0.469 e. The van der Waals surface area contributed by atoms with Gasteiger partial charge in [-0.1, -0.05) is 12.1 Å². The third-order valence-corrected chi connectivity index (χ3v) is 5.47. The Morgan fingerprint density at radius 3 is 2.84 bits per heavy atom. The van der Waals surface area contributed by atoms with Crippen LogP contribution in [-0.2, 0) is 16.0 Å². The van der Waals surface area contributed by atoms with E-state index in [4.69, 9.17) is 10.00 Å². The Hall–Kier alpha value is -2.55. The first kappa shape index (κ1) is 17.3. The Balaban J connectivity index is 1.41. The van der Waals surface area contributed by atoms with Crippen LogP contribution >= 0.6 is 0 Å². The lowest BCUT2D eigenvalue weighted by atomic mass is 9.91. The standard InChI is InChI=1S/C19H23N3O3/c1-25-17(23)16-12-19(16)6-9-22(10-7-19)18(24)21-8-5-14-3-2-4-15(11-14)13-20/h2-4,11,16H,5-10,12H2,1H3,(H,21,24)/t16-/m1/s1. The Labute approximate surface area is 147 Å². The van der Waals surface area contributed by atoms with Gasteiger partial charge in [0.1, 0.15) is 0 Å². The molecule has 0 aromatic heterocycles. The first-order valence-corrected chi connectivity index (χ1v) is 8.68. The number of rotatable bonds is 4. The summed E-state index contributed by atoms with van der Waals surface area (Å²) in [7, 11) is 1.43. The number of hydrogen-bond acceptors (Lipinski definition) is 4. The Kier molecular flexibility index (Phi) is 4.93. The van der Waals surface area contributed by atoms with Gasteiger partial charge in [-0.15, -0.1) is 0 Å². The molecule has 6 nitrogen and oxygen atoms in total. The molecular weight excluding hydrogens is 318 g/mol. The second-order valence-corrected chi connectivity index (χ2v) is 6.92. The second-order valence-electron chi connectivity index (χ2n) is 6.92. The van der Waals surface area contributed by atoms with E-state index in [1.54, 1.807) is 6.07 Å². The highest BCUT2D eigenvalue weighted by Gasteiger charge is 2.59. The van der Waals surface area contributed by atoms with Gasteiger partial charge in [0.15, 0.2) is 0 Å². The van der Waals surface area contributed by atoms with Gasteiger partial charge in [0.2, 0.25) is 0 Å². The smallest absolute Gasteiger partial charge is 0.317 e. The monoisotopic (exact) mass is 341 g/mol. The second kappa shape index (κ2) is 7.14. The number of carbonyl (C=O) groups excluding carboxylic acids is 2. The van der Waals surface area contributed by atoms with Crippen molar-refractivity contribution in [3.8, 4) is 6.07 Å². The van der Waals surface area contributed by atoms with Crippen molar-refractivity contribution >= 4 is 12.0 Å². The molecule has 1 heterocycles. The molecule has 0 bridgehead atoms. The number of esters is 1. The Morgan fingerprint density at radius 1 is 1.40 bits per heavy atom. The summed E-state index contributed by atoms with van der Waals surface area (Å²) in [5, 5.41) is 11.9. The molecule has 0 unspecified atom stereocenters. The summed E-state index contributed by atoms with van der Waals surface area (Å²) in [6, 6.07) is 9.49. The molecule has 1 aromatic rings. The van der Waals surface area contributed by atoms with E-state index >= 15 is 0 Å². The van der Waals surface area contributed by atoms with Crippen LogP contribution in [0.4, 0.5) is 4.79 Å². The van der Waals surface area contributed by atoms with Crippen LogP contribution < -0.4 is 5.32 Å². The number of urea groups is 1. The van der Waals surface area contributed by atoms with Crippen molar-refractivity contribution in [1.29, 1.82) is 5.26 Å². The molecule has 1 aromatic carbocycles.